The number of morpholine rings is 1. The van der Waals surface area contributed by atoms with E-state index in [1.54, 1.807) is 0 Å². The molecule has 0 aliphatic carbocycles. The van der Waals surface area contributed by atoms with Gasteiger partial charge < -0.3 is 15.6 Å². The molecule has 1 amide bonds. The van der Waals surface area contributed by atoms with Crippen molar-refractivity contribution in [3.8, 4) is 0 Å². The van der Waals surface area contributed by atoms with Crippen LogP contribution in [-0.2, 0) is 16.0 Å². The minimum atomic E-state index is -0.594. The lowest BCUT2D eigenvalue weighted by Crippen LogP contribution is -2.55. The van der Waals surface area contributed by atoms with Crippen molar-refractivity contribution >= 4 is 5.91 Å². The summed E-state index contributed by atoms with van der Waals surface area (Å²) in [5.41, 5.74) is 6.96. The standard InChI is InChI=1S/C16H24N2O3/c1-13-3-2-4-14(9-13)10-16(12-19)11-18(7-8-21-16)6-5-15(17)20/h2-4,9,19H,5-8,10-12H2,1H3,(H2,17,20)/t16-/m0/s1. The molecule has 0 aromatic heterocycles. The van der Waals surface area contributed by atoms with Crippen molar-refractivity contribution in [3.63, 3.8) is 0 Å². The van der Waals surface area contributed by atoms with Gasteiger partial charge in [-0.2, -0.15) is 0 Å². The largest absolute Gasteiger partial charge is 0.393 e. The smallest absolute Gasteiger partial charge is 0.218 e. The van der Waals surface area contributed by atoms with Crippen LogP contribution in [0, 0.1) is 6.92 Å². The van der Waals surface area contributed by atoms with Gasteiger partial charge in [-0.3, -0.25) is 9.69 Å². The molecule has 116 valence electrons. The van der Waals surface area contributed by atoms with Crippen LogP contribution in [0.5, 0.6) is 0 Å². The Hall–Kier alpha value is -1.43. The SMILES string of the molecule is Cc1cccc(C[C@@]2(CO)CN(CCC(N)=O)CCO2)c1. The number of primary amides is 1. The third-order valence-electron chi connectivity index (χ3n) is 3.90. The summed E-state index contributed by atoms with van der Waals surface area (Å²) in [6.07, 6.45) is 1.00. The first-order valence-corrected chi connectivity index (χ1v) is 7.34. The fraction of sp³-hybridized carbons (Fsp3) is 0.562. The second-order valence-electron chi connectivity index (χ2n) is 5.85. The quantitative estimate of drug-likeness (QED) is 0.799. The van der Waals surface area contributed by atoms with E-state index in [4.69, 9.17) is 10.5 Å². The van der Waals surface area contributed by atoms with Gasteiger partial charge in [0.1, 0.15) is 5.60 Å². The van der Waals surface area contributed by atoms with Crippen molar-refractivity contribution in [2.45, 2.75) is 25.4 Å². The number of nitrogens with two attached hydrogens (primary N) is 1. The van der Waals surface area contributed by atoms with Crippen LogP contribution >= 0.6 is 0 Å². The molecular weight excluding hydrogens is 268 g/mol. The number of nitrogens with zero attached hydrogens (tertiary/aromatic N) is 1. The van der Waals surface area contributed by atoms with Crippen molar-refractivity contribution in [1.82, 2.24) is 4.90 Å². The number of hydrogen-bond acceptors (Lipinski definition) is 4. The van der Waals surface area contributed by atoms with Crippen LogP contribution in [0.3, 0.4) is 0 Å². The Morgan fingerprint density at radius 1 is 1.52 bits per heavy atom. The molecule has 0 radical (unpaired) electrons. The Morgan fingerprint density at radius 2 is 2.33 bits per heavy atom. The number of aliphatic hydroxyl groups is 1. The van der Waals surface area contributed by atoms with Crippen LogP contribution in [-0.4, -0.2) is 54.4 Å². The van der Waals surface area contributed by atoms with Gasteiger partial charge in [0.25, 0.3) is 0 Å². The Balaban J connectivity index is 2.04. The van der Waals surface area contributed by atoms with E-state index < -0.39 is 5.60 Å². The zero-order chi connectivity index (χ0) is 15.3. The van der Waals surface area contributed by atoms with Gasteiger partial charge in [-0.05, 0) is 12.5 Å². The van der Waals surface area contributed by atoms with Crippen molar-refractivity contribution in [2.75, 3.05) is 32.8 Å². The zero-order valence-electron chi connectivity index (χ0n) is 12.5. The predicted octanol–water partition coefficient (Wildman–Crippen LogP) is 0.476. The molecule has 1 aromatic carbocycles. The van der Waals surface area contributed by atoms with Crippen LogP contribution in [0.2, 0.25) is 0 Å². The highest BCUT2D eigenvalue weighted by Crippen LogP contribution is 2.23. The lowest BCUT2D eigenvalue weighted by Gasteiger charge is -2.42. The monoisotopic (exact) mass is 292 g/mol. The van der Waals surface area contributed by atoms with Crippen molar-refractivity contribution < 1.29 is 14.6 Å². The van der Waals surface area contributed by atoms with Crippen molar-refractivity contribution in [1.29, 1.82) is 0 Å². The second kappa shape index (κ2) is 7.02. The first-order chi connectivity index (χ1) is 10.0. The van der Waals surface area contributed by atoms with E-state index in [9.17, 15) is 9.90 Å². The first-order valence-electron chi connectivity index (χ1n) is 7.34. The maximum absolute atomic E-state index is 10.9. The summed E-state index contributed by atoms with van der Waals surface area (Å²) in [6.45, 7) is 4.58. The fourth-order valence-electron chi connectivity index (χ4n) is 2.84. The van der Waals surface area contributed by atoms with E-state index >= 15 is 0 Å². The maximum atomic E-state index is 10.9. The highest BCUT2D eigenvalue weighted by Gasteiger charge is 2.36. The average molecular weight is 292 g/mol. The van der Waals surface area contributed by atoms with Gasteiger partial charge >= 0.3 is 0 Å². The Morgan fingerprint density at radius 3 is 3.00 bits per heavy atom. The van der Waals surface area contributed by atoms with E-state index in [0.717, 1.165) is 12.1 Å². The first kappa shape index (κ1) is 15.9. The third kappa shape index (κ3) is 4.52. The molecule has 1 aliphatic heterocycles. The molecule has 1 heterocycles. The minimum absolute atomic E-state index is 0.0337. The Labute approximate surface area is 125 Å². The second-order valence-corrected chi connectivity index (χ2v) is 5.85. The number of carbonyl (C=O) groups excluding carboxylic acids is 1. The van der Waals surface area contributed by atoms with Crippen molar-refractivity contribution in [3.05, 3.63) is 35.4 Å². The van der Waals surface area contributed by atoms with Gasteiger partial charge in [0.05, 0.1) is 13.2 Å². The predicted molar refractivity (Wildman–Crippen MR) is 80.9 cm³/mol. The summed E-state index contributed by atoms with van der Waals surface area (Å²) < 4.78 is 5.89. The molecule has 1 atom stereocenters. The molecule has 5 heteroatoms. The number of amides is 1. The average Bonchev–Trinajstić information content (AvgIpc) is 2.45. The third-order valence-corrected chi connectivity index (χ3v) is 3.90. The number of rotatable bonds is 6. The Bertz CT molecular complexity index is 492. The van der Waals surface area contributed by atoms with Crippen molar-refractivity contribution in [2.24, 2.45) is 5.73 Å². The minimum Gasteiger partial charge on any atom is -0.393 e. The van der Waals surface area contributed by atoms with Gasteiger partial charge in [-0.1, -0.05) is 29.8 Å². The van der Waals surface area contributed by atoms with Gasteiger partial charge in [0.2, 0.25) is 5.91 Å². The lowest BCUT2D eigenvalue weighted by atomic mass is 9.92. The van der Waals surface area contributed by atoms with E-state index in [0.29, 0.717) is 32.5 Å². The molecule has 0 unspecified atom stereocenters. The number of ether oxygens (including phenoxy) is 1. The molecule has 1 aromatic rings. The normalized spacial score (nSPS) is 23.1. The van der Waals surface area contributed by atoms with E-state index in [1.165, 1.54) is 5.56 Å². The Kier molecular flexibility index (Phi) is 5.33. The maximum Gasteiger partial charge on any atom is 0.218 e. The molecular formula is C16H24N2O3. The molecule has 1 saturated heterocycles. The van der Waals surface area contributed by atoms with Gasteiger partial charge in [0.15, 0.2) is 0 Å². The number of hydrogen-bond donors (Lipinski definition) is 2. The molecule has 0 saturated carbocycles. The number of carbonyl (C=O) groups is 1. The number of benzene rings is 1. The van der Waals surface area contributed by atoms with E-state index in [-0.39, 0.29) is 12.5 Å². The van der Waals surface area contributed by atoms with Crippen LogP contribution in [0.1, 0.15) is 17.5 Å². The summed E-state index contributed by atoms with van der Waals surface area (Å²) in [5.74, 6) is -0.297. The molecule has 0 bridgehead atoms. The molecule has 21 heavy (non-hydrogen) atoms. The fourth-order valence-corrected chi connectivity index (χ4v) is 2.84. The summed E-state index contributed by atoms with van der Waals surface area (Å²) in [5, 5.41) is 9.82. The molecule has 0 spiro atoms. The van der Waals surface area contributed by atoms with E-state index in [2.05, 4.69) is 30.0 Å². The topological polar surface area (TPSA) is 75.8 Å². The summed E-state index contributed by atoms with van der Waals surface area (Å²) >= 11 is 0. The zero-order valence-corrected chi connectivity index (χ0v) is 12.5. The van der Waals surface area contributed by atoms with Crippen LogP contribution in [0.15, 0.2) is 24.3 Å². The number of aliphatic hydroxyl groups excluding tert-OH is 1. The van der Waals surface area contributed by atoms with Gasteiger partial charge in [-0.15, -0.1) is 0 Å². The summed E-state index contributed by atoms with van der Waals surface area (Å²) in [6, 6.07) is 8.23. The molecule has 1 fully saturated rings. The summed E-state index contributed by atoms with van der Waals surface area (Å²) in [4.78, 5) is 13.1. The summed E-state index contributed by atoms with van der Waals surface area (Å²) in [7, 11) is 0. The van der Waals surface area contributed by atoms with Gasteiger partial charge in [-0.25, -0.2) is 0 Å². The van der Waals surface area contributed by atoms with Crippen LogP contribution in [0.25, 0.3) is 0 Å². The van der Waals surface area contributed by atoms with Gasteiger partial charge in [0, 0.05) is 32.5 Å². The highest BCUT2D eigenvalue weighted by atomic mass is 16.5. The molecule has 1 aliphatic rings. The lowest BCUT2D eigenvalue weighted by molar-refractivity contribution is -0.134. The molecule has 2 rings (SSSR count). The molecule has 5 nitrogen and oxygen atoms in total. The van der Waals surface area contributed by atoms with Crippen LogP contribution in [0.4, 0.5) is 0 Å². The van der Waals surface area contributed by atoms with E-state index in [1.807, 2.05) is 6.07 Å². The van der Waals surface area contributed by atoms with Crippen LogP contribution < -0.4 is 5.73 Å². The highest BCUT2D eigenvalue weighted by molar-refractivity contribution is 5.73. The number of aryl methyl sites for hydroxylation is 1. The molecule has 3 N–H and O–H groups in total.